The number of anilines is 2. The minimum Gasteiger partial charge on any atom is -0.373 e. The highest BCUT2D eigenvalue weighted by atomic mass is 16.1. The van der Waals surface area contributed by atoms with Crippen LogP contribution in [0.5, 0.6) is 0 Å². The summed E-state index contributed by atoms with van der Waals surface area (Å²) in [6.07, 6.45) is 1.81. The normalized spacial score (nSPS) is 19.8. The molecule has 1 fully saturated rings. The zero-order chi connectivity index (χ0) is 11.5. The lowest BCUT2D eigenvalue weighted by Gasteiger charge is -2.23. The summed E-state index contributed by atoms with van der Waals surface area (Å²) in [6.45, 7) is 0.841. The molecule has 16 heavy (non-hydrogen) atoms. The fourth-order valence-corrected chi connectivity index (χ4v) is 2.06. The molecule has 2 rings (SSSR count). The number of carbonyl (C=O) groups is 1. The molecule has 5 heteroatoms. The zero-order valence-corrected chi connectivity index (χ0v) is 9.31. The molecule has 5 nitrogen and oxygen atoms in total. The van der Waals surface area contributed by atoms with Crippen molar-refractivity contribution in [2.45, 2.75) is 18.9 Å². The number of nitrogens with one attached hydrogen (secondary N) is 1. The Morgan fingerprint density at radius 1 is 1.62 bits per heavy atom. The van der Waals surface area contributed by atoms with Crippen LogP contribution in [0.4, 0.5) is 11.6 Å². The van der Waals surface area contributed by atoms with Crippen LogP contribution in [0, 0.1) is 0 Å². The highest BCUT2D eigenvalue weighted by Crippen LogP contribution is 2.24. The van der Waals surface area contributed by atoms with Crippen LogP contribution in [0.25, 0.3) is 0 Å². The molecular formula is C11H16N4O. The molecule has 1 aliphatic rings. The SMILES string of the molecule is CNc1cccc(N2CCCC2C(N)=O)n1. The topological polar surface area (TPSA) is 71.2 Å². The minimum atomic E-state index is -0.269. The smallest absolute Gasteiger partial charge is 0.240 e. The fraction of sp³-hybridized carbons (Fsp3) is 0.455. The molecule has 3 N–H and O–H groups in total. The van der Waals surface area contributed by atoms with Crippen LogP contribution >= 0.6 is 0 Å². The maximum Gasteiger partial charge on any atom is 0.240 e. The summed E-state index contributed by atoms with van der Waals surface area (Å²) in [5.74, 6) is 1.34. The van der Waals surface area contributed by atoms with Gasteiger partial charge in [-0.2, -0.15) is 0 Å². The molecule has 1 amide bonds. The van der Waals surface area contributed by atoms with Gasteiger partial charge in [0.05, 0.1) is 0 Å². The number of nitrogens with two attached hydrogens (primary N) is 1. The predicted molar refractivity (Wildman–Crippen MR) is 63.3 cm³/mol. The number of hydrogen-bond acceptors (Lipinski definition) is 4. The molecule has 86 valence electrons. The van der Waals surface area contributed by atoms with Crippen molar-refractivity contribution in [3.05, 3.63) is 18.2 Å². The van der Waals surface area contributed by atoms with E-state index in [-0.39, 0.29) is 11.9 Å². The number of rotatable bonds is 3. The van der Waals surface area contributed by atoms with E-state index in [0.29, 0.717) is 0 Å². The van der Waals surface area contributed by atoms with Crippen LogP contribution in [0.15, 0.2) is 18.2 Å². The van der Waals surface area contributed by atoms with Crippen molar-refractivity contribution in [3.63, 3.8) is 0 Å². The largest absolute Gasteiger partial charge is 0.373 e. The highest BCUT2D eigenvalue weighted by molar-refractivity contribution is 5.84. The maximum atomic E-state index is 11.3. The van der Waals surface area contributed by atoms with Crippen LogP contribution < -0.4 is 16.0 Å². The summed E-state index contributed by atoms with van der Waals surface area (Å²) in [4.78, 5) is 17.7. The second-order valence-electron chi connectivity index (χ2n) is 3.88. The van der Waals surface area contributed by atoms with E-state index in [4.69, 9.17) is 5.73 Å². The average Bonchev–Trinajstić information content (AvgIpc) is 2.78. The first-order chi connectivity index (χ1) is 7.72. The molecule has 1 aromatic rings. The van der Waals surface area contributed by atoms with E-state index >= 15 is 0 Å². The van der Waals surface area contributed by atoms with Gasteiger partial charge in [0.2, 0.25) is 5.91 Å². The summed E-state index contributed by atoms with van der Waals surface area (Å²) >= 11 is 0. The molecule has 1 atom stereocenters. The monoisotopic (exact) mass is 220 g/mol. The lowest BCUT2D eigenvalue weighted by molar-refractivity contribution is -0.119. The van der Waals surface area contributed by atoms with Gasteiger partial charge in [0, 0.05) is 13.6 Å². The second kappa shape index (κ2) is 4.38. The Morgan fingerprint density at radius 3 is 3.12 bits per heavy atom. The molecule has 0 aliphatic carbocycles. The highest BCUT2D eigenvalue weighted by Gasteiger charge is 2.29. The Balaban J connectivity index is 2.25. The van der Waals surface area contributed by atoms with E-state index in [1.165, 1.54) is 0 Å². The Hall–Kier alpha value is -1.78. The number of amides is 1. The van der Waals surface area contributed by atoms with Gasteiger partial charge in [-0.05, 0) is 25.0 Å². The van der Waals surface area contributed by atoms with Gasteiger partial charge in [-0.1, -0.05) is 6.07 Å². The Kier molecular flexibility index (Phi) is 2.94. The molecule has 1 aromatic heterocycles. The van der Waals surface area contributed by atoms with E-state index in [1.807, 2.05) is 30.1 Å². The van der Waals surface area contributed by atoms with Crippen molar-refractivity contribution in [2.75, 3.05) is 23.8 Å². The molecule has 0 radical (unpaired) electrons. The van der Waals surface area contributed by atoms with Crippen molar-refractivity contribution in [1.82, 2.24) is 4.98 Å². The molecule has 1 unspecified atom stereocenters. The summed E-state index contributed by atoms with van der Waals surface area (Å²) in [5.41, 5.74) is 5.37. The summed E-state index contributed by atoms with van der Waals surface area (Å²) in [7, 11) is 1.82. The maximum absolute atomic E-state index is 11.3. The average molecular weight is 220 g/mol. The molecule has 0 bridgehead atoms. The van der Waals surface area contributed by atoms with Crippen molar-refractivity contribution < 1.29 is 4.79 Å². The van der Waals surface area contributed by atoms with Gasteiger partial charge >= 0.3 is 0 Å². The lowest BCUT2D eigenvalue weighted by Crippen LogP contribution is -2.40. The zero-order valence-electron chi connectivity index (χ0n) is 9.31. The van der Waals surface area contributed by atoms with Crippen molar-refractivity contribution in [1.29, 1.82) is 0 Å². The van der Waals surface area contributed by atoms with Crippen LogP contribution in [0.3, 0.4) is 0 Å². The third kappa shape index (κ3) is 1.93. The molecule has 0 spiro atoms. The fourth-order valence-electron chi connectivity index (χ4n) is 2.06. The minimum absolute atomic E-state index is 0.209. The number of nitrogens with zero attached hydrogens (tertiary/aromatic N) is 2. The molecule has 0 aromatic carbocycles. The van der Waals surface area contributed by atoms with Crippen LogP contribution in [-0.2, 0) is 4.79 Å². The molecule has 1 saturated heterocycles. The van der Waals surface area contributed by atoms with Crippen LogP contribution in [0.2, 0.25) is 0 Å². The van der Waals surface area contributed by atoms with E-state index in [9.17, 15) is 4.79 Å². The number of primary amides is 1. The lowest BCUT2D eigenvalue weighted by atomic mass is 10.2. The van der Waals surface area contributed by atoms with Gasteiger partial charge < -0.3 is 16.0 Å². The Labute approximate surface area is 94.6 Å². The third-order valence-electron chi connectivity index (χ3n) is 2.87. The number of hydrogen-bond donors (Lipinski definition) is 2. The summed E-state index contributed by atoms with van der Waals surface area (Å²) in [6, 6.07) is 5.51. The predicted octanol–water partition coefficient (Wildman–Crippen LogP) is 0.577. The Bertz CT molecular complexity index is 393. The van der Waals surface area contributed by atoms with E-state index in [1.54, 1.807) is 0 Å². The number of carbonyl (C=O) groups excluding carboxylic acids is 1. The standard InChI is InChI=1S/C11H16N4O/c1-13-9-5-2-6-10(14-9)15-7-3-4-8(15)11(12)16/h2,5-6,8H,3-4,7H2,1H3,(H2,12,16)(H,13,14). The van der Waals surface area contributed by atoms with Crippen molar-refractivity contribution in [3.8, 4) is 0 Å². The quantitative estimate of drug-likeness (QED) is 0.781. The van der Waals surface area contributed by atoms with E-state index < -0.39 is 0 Å². The van der Waals surface area contributed by atoms with Crippen molar-refractivity contribution >= 4 is 17.5 Å². The molecule has 1 aliphatic heterocycles. The first kappa shape index (κ1) is 10.7. The number of aromatic nitrogens is 1. The molecule has 0 saturated carbocycles. The second-order valence-corrected chi connectivity index (χ2v) is 3.88. The molecule has 2 heterocycles. The number of pyridine rings is 1. The summed E-state index contributed by atoms with van der Waals surface area (Å²) in [5, 5.41) is 2.98. The van der Waals surface area contributed by atoms with E-state index in [0.717, 1.165) is 31.0 Å². The van der Waals surface area contributed by atoms with Gasteiger partial charge in [0.1, 0.15) is 17.7 Å². The van der Waals surface area contributed by atoms with Crippen LogP contribution in [-0.4, -0.2) is 30.5 Å². The first-order valence-corrected chi connectivity index (χ1v) is 5.43. The first-order valence-electron chi connectivity index (χ1n) is 5.43. The van der Waals surface area contributed by atoms with Gasteiger partial charge in [-0.25, -0.2) is 4.98 Å². The van der Waals surface area contributed by atoms with Crippen molar-refractivity contribution in [2.24, 2.45) is 5.73 Å². The van der Waals surface area contributed by atoms with Gasteiger partial charge in [-0.15, -0.1) is 0 Å². The summed E-state index contributed by atoms with van der Waals surface area (Å²) < 4.78 is 0. The van der Waals surface area contributed by atoms with Gasteiger partial charge in [0.25, 0.3) is 0 Å². The molecular weight excluding hydrogens is 204 g/mol. The van der Waals surface area contributed by atoms with Crippen LogP contribution in [0.1, 0.15) is 12.8 Å². The third-order valence-corrected chi connectivity index (χ3v) is 2.87. The van der Waals surface area contributed by atoms with Gasteiger partial charge in [-0.3, -0.25) is 4.79 Å². The van der Waals surface area contributed by atoms with E-state index in [2.05, 4.69) is 10.3 Å². The van der Waals surface area contributed by atoms with Gasteiger partial charge in [0.15, 0.2) is 0 Å². The Morgan fingerprint density at radius 2 is 2.44 bits per heavy atom.